The van der Waals surface area contributed by atoms with Gasteiger partial charge in [-0.1, -0.05) is 0 Å². The number of nitrogens with zero attached hydrogens (tertiary/aromatic N) is 1. The van der Waals surface area contributed by atoms with Crippen LogP contribution in [0.25, 0.3) is 0 Å². The number of carboxylic acids is 1. The quantitative estimate of drug-likeness (QED) is 0.598. The Kier molecular flexibility index (Phi) is 1.26. The van der Waals surface area contributed by atoms with Gasteiger partial charge in [-0.2, -0.15) is 0 Å². The Hall–Kier alpha value is -1.06. The van der Waals surface area contributed by atoms with Gasteiger partial charge in [0.05, 0.1) is 5.41 Å². The van der Waals surface area contributed by atoms with Crippen LogP contribution in [0.2, 0.25) is 0 Å². The van der Waals surface area contributed by atoms with Gasteiger partial charge in [0.15, 0.2) is 0 Å². The molecule has 2 aliphatic rings. The maximum Gasteiger partial charge on any atom is 0.311 e. The van der Waals surface area contributed by atoms with E-state index in [2.05, 4.69) is 0 Å². The molecule has 0 bridgehead atoms. The Morgan fingerprint density at radius 2 is 2.25 bits per heavy atom. The van der Waals surface area contributed by atoms with E-state index < -0.39 is 11.4 Å². The van der Waals surface area contributed by atoms with Gasteiger partial charge in [0.25, 0.3) is 0 Å². The summed E-state index contributed by atoms with van der Waals surface area (Å²) in [6, 6.07) is 0. The molecule has 1 saturated heterocycles. The van der Waals surface area contributed by atoms with E-state index in [1.807, 2.05) is 0 Å². The normalized spacial score (nSPS) is 37.8. The van der Waals surface area contributed by atoms with Gasteiger partial charge in [0.2, 0.25) is 5.91 Å². The van der Waals surface area contributed by atoms with Gasteiger partial charge < -0.3 is 10.0 Å². The van der Waals surface area contributed by atoms with Crippen LogP contribution in [0, 0.1) is 11.3 Å². The van der Waals surface area contributed by atoms with E-state index in [1.165, 1.54) is 6.92 Å². The van der Waals surface area contributed by atoms with Crippen molar-refractivity contribution in [3.63, 3.8) is 0 Å². The SMILES string of the molecule is CC(=O)N1CC2CC2(C(=O)O)C1. The molecular formula is C8H11NO3. The van der Waals surface area contributed by atoms with Crippen molar-refractivity contribution in [2.75, 3.05) is 13.1 Å². The molecule has 2 rings (SSSR count). The molecule has 2 fully saturated rings. The molecule has 0 radical (unpaired) electrons. The lowest BCUT2D eigenvalue weighted by Gasteiger charge is -2.16. The van der Waals surface area contributed by atoms with Crippen molar-refractivity contribution >= 4 is 11.9 Å². The molecule has 66 valence electrons. The summed E-state index contributed by atoms with van der Waals surface area (Å²) in [6.45, 7) is 2.55. The van der Waals surface area contributed by atoms with Crippen LogP contribution in [0.1, 0.15) is 13.3 Å². The molecule has 0 aromatic carbocycles. The van der Waals surface area contributed by atoms with Gasteiger partial charge in [0.1, 0.15) is 0 Å². The number of fused-ring (bicyclic) bond motifs is 1. The maximum atomic E-state index is 10.9. The largest absolute Gasteiger partial charge is 0.481 e. The van der Waals surface area contributed by atoms with Crippen LogP contribution < -0.4 is 0 Å². The van der Waals surface area contributed by atoms with Crippen molar-refractivity contribution in [1.82, 2.24) is 4.90 Å². The van der Waals surface area contributed by atoms with Crippen LogP contribution >= 0.6 is 0 Å². The van der Waals surface area contributed by atoms with Gasteiger partial charge in [0, 0.05) is 20.0 Å². The average Bonchev–Trinajstić information content (AvgIpc) is 2.55. The summed E-state index contributed by atoms with van der Waals surface area (Å²) in [6.07, 6.45) is 0.756. The molecule has 2 atom stereocenters. The fourth-order valence-corrected chi connectivity index (χ4v) is 2.05. The first-order valence-electron chi connectivity index (χ1n) is 4.05. The third kappa shape index (κ3) is 0.777. The molecule has 1 heterocycles. The number of carboxylic acid groups (broad SMARTS) is 1. The Bertz CT molecular complexity index is 263. The zero-order chi connectivity index (χ0) is 8.93. The van der Waals surface area contributed by atoms with E-state index >= 15 is 0 Å². The zero-order valence-corrected chi connectivity index (χ0v) is 6.91. The third-order valence-corrected chi connectivity index (χ3v) is 3.02. The summed E-state index contributed by atoms with van der Waals surface area (Å²) >= 11 is 0. The van der Waals surface area contributed by atoms with Crippen LogP contribution in [-0.2, 0) is 9.59 Å². The molecule has 1 aliphatic heterocycles. The predicted molar refractivity (Wildman–Crippen MR) is 40.4 cm³/mol. The molecule has 0 spiro atoms. The van der Waals surface area contributed by atoms with Crippen LogP contribution in [0.4, 0.5) is 0 Å². The van der Waals surface area contributed by atoms with Gasteiger partial charge in [-0.3, -0.25) is 9.59 Å². The van der Waals surface area contributed by atoms with Crippen LogP contribution in [0.3, 0.4) is 0 Å². The van der Waals surface area contributed by atoms with Crippen LogP contribution in [0.5, 0.6) is 0 Å². The van der Waals surface area contributed by atoms with Crippen molar-refractivity contribution in [2.45, 2.75) is 13.3 Å². The Labute approximate surface area is 70.2 Å². The number of amides is 1. The molecule has 1 saturated carbocycles. The molecule has 4 heteroatoms. The summed E-state index contributed by atoms with van der Waals surface area (Å²) in [7, 11) is 0. The minimum Gasteiger partial charge on any atom is -0.481 e. The fourth-order valence-electron chi connectivity index (χ4n) is 2.05. The first-order chi connectivity index (χ1) is 5.56. The van der Waals surface area contributed by atoms with Gasteiger partial charge >= 0.3 is 5.97 Å². The fraction of sp³-hybridized carbons (Fsp3) is 0.750. The lowest BCUT2D eigenvalue weighted by molar-refractivity contribution is -0.143. The summed E-state index contributed by atoms with van der Waals surface area (Å²) in [5.41, 5.74) is -0.564. The topological polar surface area (TPSA) is 57.6 Å². The second-order valence-corrected chi connectivity index (χ2v) is 3.76. The van der Waals surface area contributed by atoms with E-state index in [0.29, 0.717) is 13.1 Å². The van der Waals surface area contributed by atoms with Gasteiger partial charge in [-0.05, 0) is 12.3 Å². The highest BCUT2D eigenvalue weighted by Gasteiger charge is 2.65. The van der Waals surface area contributed by atoms with Gasteiger partial charge in [-0.25, -0.2) is 0 Å². The predicted octanol–water partition coefficient (Wildman–Crippen LogP) is -0.0606. The van der Waals surface area contributed by atoms with E-state index in [1.54, 1.807) is 4.90 Å². The first-order valence-corrected chi connectivity index (χ1v) is 4.05. The number of rotatable bonds is 1. The summed E-state index contributed by atoms with van der Waals surface area (Å²) in [5.74, 6) is -0.530. The average molecular weight is 169 g/mol. The summed E-state index contributed by atoms with van der Waals surface area (Å²) in [4.78, 5) is 23.3. The third-order valence-electron chi connectivity index (χ3n) is 3.02. The van der Waals surface area contributed by atoms with E-state index in [4.69, 9.17) is 5.11 Å². The number of carbonyl (C=O) groups excluding carboxylic acids is 1. The van der Waals surface area contributed by atoms with E-state index in [0.717, 1.165) is 6.42 Å². The van der Waals surface area contributed by atoms with Gasteiger partial charge in [-0.15, -0.1) is 0 Å². The molecule has 0 aromatic heterocycles. The number of hydrogen-bond donors (Lipinski definition) is 1. The highest BCUT2D eigenvalue weighted by molar-refractivity contribution is 5.82. The van der Waals surface area contributed by atoms with Crippen molar-refractivity contribution < 1.29 is 14.7 Å². The first kappa shape index (κ1) is 7.58. The highest BCUT2D eigenvalue weighted by Crippen LogP contribution is 2.57. The number of piperidine rings is 1. The second kappa shape index (κ2) is 2.00. The molecule has 12 heavy (non-hydrogen) atoms. The standard InChI is InChI=1S/C8H11NO3/c1-5(10)9-3-6-2-8(6,4-9)7(11)12/h6H,2-4H2,1H3,(H,11,12). The maximum absolute atomic E-state index is 10.9. The highest BCUT2D eigenvalue weighted by atomic mass is 16.4. The van der Waals surface area contributed by atoms with Crippen molar-refractivity contribution in [1.29, 1.82) is 0 Å². The number of likely N-dealkylation sites (tertiary alicyclic amines) is 1. The molecule has 1 amide bonds. The number of carbonyl (C=O) groups is 2. The molecule has 2 unspecified atom stereocenters. The van der Waals surface area contributed by atoms with Crippen molar-refractivity contribution in [3.8, 4) is 0 Å². The molecule has 1 N–H and O–H groups in total. The lowest BCUT2D eigenvalue weighted by Crippen LogP contribution is -2.31. The minimum atomic E-state index is -0.740. The minimum absolute atomic E-state index is 0.0113. The molecule has 1 aliphatic carbocycles. The molecule has 0 aromatic rings. The number of hydrogen-bond acceptors (Lipinski definition) is 2. The summed E-state index contributed by atoms with van der Waals surface area (Å²) in [5, 5.41) is 8.88. The van der Waals surface area contributed by atoms with E-state index in [-0.39, 0.29) is 11.8 Å². The van der Waals surface area contributed by atoms with Crippen LogP contribution in [0.15, 0.2) is 0 Å². The molecule has 4 nitrogen and oxygen atoms in total. The Morgan fingerprint density at radius 1 is 1.58 bits per heavy atom. The lowest BCUT2D eigenvalue weighted by atomic mass is 10.1. The van der Waals surface area contributed by atoms with Crippen LogP contribution in [-0.4, -0.2) is 35.0 Å². The second-order valence-electron chi connectivity index (χ2n) is 3.76. The monoisotopic (exact) mass is 169 g/mol. The van der Waals surface area contributed by atoms with Crippen molar-refractivity contribution in [2.24, 2.45) is 11.3 Å². The zero-order valence-electron chi connectivity index (χ0n) is 6.91. The Balaban J connectivity index is 2.10. The number of aliphatic carboxylic acids is 1. The smallest absolute Gasteiger partial charge is 0.311 e. The van der Waals surface area contributed by atoms with E-state index in [9.17, 15) is 9.59 Å². The van der Waals surface area contributed by atoms with Crippen molar-refractivity contribution in [3.05, 3.63) is 0 Å². The molecular weight excluding hydrogens is 158 g/mol. The Morgan fingerprint density at radius 3 is 2.58 bits per heavy atom. The summed E-state index contributed by atoms with van der Waals surface area (Å²) < 4.78 is 0.